The molecule has 0 aromatic heterocycles. The lowest BCUT2D eigenvalue weighted by atomic mass is 10.3. The molecule has 1 unspecified atom stereocenters. The normalized spacial score (nSPS) is 11.4. The molecule has 8 heteroatoms. The summed E-state index contributed by atoms with van der Waals surface area (Å²) >= 11 is 10.7. The van der Waals surface area contributed by atoms with Gasteiger partial charge in [-0.3, -0.25) is 15.6 Å². The largest absolute Gasteiger partial charge is 0.479 e. The molecule has 1 amide bonds. The number of carbonyl (C=O) groups excluding carboxylic acids is 1. The van der Waals surface area contributed by atoms with Crippen LogP contribution < -0.4 is 20.9 Å². The van der Waals surface area contributed by atoms with Gasteiger partial charge in [0.25, 0.3) is 5.91 Å². The maximum Gasteiger partial charge on any atom is 0.279 e. The summed E-state index contributed by atoms with van der Waals surface area (Å²) in [6, 6.07) is 3.67. The van der Waals surface area contributed by atoms with Crippen molar-refractivity contribution >= 4 is 34.8 Å². The van der Waals surface area contributed by atoms with Gasteiger partial charge in [0.2, 0.25) is 0 Å². The Hall–Kier alpha value is -1.60. The molecule has 1 aromatic carbocycles. The monoisotopic (exact) mass is 319 g/mol. The molecule has 1 aromatic rings. The topological polar surface area (TPSA) is 62.4 Å². The van der Waals surface area contributed by atoms with Gasteiger partial charge in [-0.2, -0.15) is 0 Å². The summed E-state index contributed by atoms with van der Waals surface area (Å²) in [5.41, 5.74) is 4.90. The van der Waals surface area contributed by atoms with Crippen LogP contribution in [0.4, 0.5) is 4.39 Å². The van der Waals surface area contributed by atoms with Gasteiger partial charge in [-0.05, 0) is 44.3 Å². The number of hydrogen-bond donors (Lipinski definition) is 3. The minimum atomic E-state index is -0.824. The predicted octanol–water partition coefficient (Wildman–Crippen LogP) is 1.76. The van der Waals surface area contributed by atoms with E-state index in [1.807, 2.05) is 6.92 Å². The highest BCUT2D eigenvalue weighted by Gasteiger charge is 2.16. The van der Waals surface area contributed by atoms with Crippen molar-refractivity contribution in [2.24, 2.45) is 0 Å². The summed E-state index contributed by atoms with van der Waals surface area (Å²) in [4.78, 5) is 11.7. The first-order valence-corrected chi connectivity index (χ1v) is 6.68. The van der Waals surface area contributed by atoms with Crippen molar-refractivity contribution in [2.45, 2.75) is 20.0 Å². The number of carbonyl (C=O) groups is 1. The number of nitrogens with one attached hydrogen (secondary N) is 3. The number of amides is 1. The molecule has 0 heterocycles. The van der Waals surface area contributed by atoms with E-state index in [1.165, 1.54) is 19.1 Å². The summed E-state index contributed by atoms with van der Waals surface area (Å²) in [7, 11) is 0. The fraction of sp³-hybridized carbons (Fsp3) is 0.333. The van der Waals surface area contributed by atoms with E-state index >= 15 is 0 Å². The quantitative estimate of drug-likeness (QED) is 0.583. The lowest BCUT2D eigenvalue weighted by Gasteiger charge is -2.16. The van der Waals surface area contributed by atoms with Crippen LogP contribution >= 0.6 is 23.8 Å². The van der Waals surface area contributed by atoms with Gasteiger partial charge in [0.05, 0.1) is 5.02 Å². The van der Waals surface area contributed by atoms with E-state index in [0.29, 0.717) is 11.7 Å². The van der Waals surface area contributed by atoms with Crippen molar-refractivity contribution in [1.29, 1.82) is 0 Å². The molecule has 0 fully saturated rings. The van der Waals surface area contributed by atoms with Gasteiger partial charge >= 0.3 is 0 Å². The van der Waals surface area contributed by atoms with Gasteiger partial charge in [-0.1, -0.05) is 11.6 Å². The minimum Gasteiger partial charge on any atom is -0.479 e. The third-order valence-electron chi connectivity index (χ3n) is 2.20. The lowest BCUT2D eigenvalue weighted by molar-refractivity contribution is -0.127. The second-order valence-electron chi connectivity index (χ2n) is 3.81. The predicted molar refractivity (Wildman–Crippen MR) is 79.1 cm³/mol. The first-order valence-electron chi connectivity index (χ1n) is 5.89. The van der Waals surface area contributed by atoms with Gasteiger partial charge in [0.1, 0.15) is 11.6 Å². The van der Waals surface area contributed by atoms with Gasteiger partial charge < -0.3 is 10.1 Å². The van der Waals surface area contributed by atoms with Crippen LogP contribution in [-0.2, 0) is 4.79 Å². The molecular weight excluding hydrogens is 305 g/mol. The van der Waals surface area contributed by atoms with E-state index in [9.17, 15) is 9.18 Å². The van der Waals surface area contributed by atoms with Gasteiger partial charge in [0.15, 0.2) is 11.2 Å². The number of rotatable bonds is 4. The Morgan fingerprint density at radius 2 is 2.20 bits per heavy atom. The van der Waals surface area contributed by atoms with Crippen LogP contribution in [-0.4, -0.2) is 23.7 Å². The van der Waals surface area contributed by atoms with Crippen molar-refractivity contribution in [2.75, 3.05) is 6.54 Å². The van der Waals surface area contributed by atoms with E-state index in [-0.39, 0.29) is 10.8 Å². The molecule has 1 rings (SSSR count). The van der Waals surface area contributed by atoms with Crippen molar-refractivity contribution in [3.05, 3.63) is 29.0 Å². The van der Waals surface area contributed by atoms with E-state index in [0.717, 1.165) is 6.07 Å². The van der Waals surface area contributed by atoms with Crippen molar-refractivity contribution in [1.82, 2.24) is 16.2 Å². The van der Waals surface area contributed by atoms with Gasteiger partial charge in [-0.25, -0.2) is 4.39 Å². The number of hydrazine groups is 1. The van der Waals surface area contributed by atoms with Crippen LogP contribution in [0.2, 0.25) is 5.02 Å². The molecule has 20 heavy (non-hydrogen) atoms. The molecule has 0 aliphatic carbocycles. The molecule has 3 N–H and O–H groups in total. The molecule has 0 radical (unpaired) electrons. The second kappa shape index (κ2) is 7.86. The zero-order valence-corrected chi connectivity index (χ0v) is 12.6. The maximum absolute atomic E-state index is 12.9. The molecule has 1 atom stereocenters. The number of ether oxygens (including phenoxy) is 1. The Morgan fingerprint density at radius 1 is 1.50 bits per heavy atom. The standard InChI is InChI=1S/C12H15ClFN3O2S/c1-3-15-12(20)17-16-11(18)7(2)19-10-5-4-8(14)6-9(10)13/h4-7H,3H2,1-2H3,(H,16,18)(H2,15,17,20). The fourth-order valence-corrected chi connectivity index (χ4v) is 1.65. The number of halogens is 2. The van der Waals surface area contributed by atoms with Crippen LogP contribution in [0.5, 0.6) is 5.75 Å². The third kappa shape index (κ3) is 5.18. The molecule has 0 bridgehead atoms. The Balaban J connectivity index is 2.51. The second-order valence-corrected chi connectivity index (χ2v) is 4.62. The zero-order chi connectivity index (χ0) is 15.1. The third-order valence-corrected chi connectivity index (χ3v) is 2.75. The Labute approximate surface area is 126 Å². The molecule has 110 valence electrons. The molecule has 0 spiro atoms. The van der Waals surface area contributed by atoms with E-state index in [2.05, 4.69) is 16.2 Å². The van der Waals surface area contributed by atoms with Crippen LogP contribution in [0, 0.1) is 5.82 Å². The SMILES string of the molecule is CCNC(=S)NNC(=O)C(C)Oc1ccc(F)cc1Cl. The molecular formula is C12H15ClFN3O2S. The first-order chi connectivity index (χ1) is 9.43. The summed E-state index contributed by atoms with van der Waals surface area (Å²) < 4.78 is 18.2. The molecule has 5 nitrogen and oxygen atoms in total. The van der Waals surface area contributed by atoms with Crippen molar-refractivity contribution in [3.8, 4) is 5.75 Å². The summed E-state index contributed by atoms with van der Waals surface area (Å²) in [5.74, 6) is -0.687. The average Bonchev–Trinajstić information content (AvgIpc) is 2.39. The minimum absolute atomic E-state index is 0.0979. The molecule has 0 saturated carbocycles. The van der Waals surface area contributed by atoms with Crippen LogP contribution in [0.1, 0.15) is 13.8 Å². The molecule has 0 aliphatic rings. The lowest BCUT2D eigenvalue weighted by Crippen LogP contribution is -2.50. The highest BCUT2D eigenvalue weighted by molar-refractivity contribution is 7.80. The van der Waals surface area contributed by atoms with Gasteiger partial charge in [-0.15, -0.1) is 0 Å². The Morgan fingerprint density at radius 3 is 2.80 bits per heavy atom. The van der Waals surface area contributed by atoms with Crippen LogP contribution in [0.25, 0.3) is 0 Å². The Kier molecular flexibility index (Phi) is 6.47. The number of benzene rings is 1. The zero-order valence-electron chi connectivity index (χ0n) is 11.0. The molecule has 0 aliphatic heterocycles. The van der Waals surface area contributed by atoms with Crippen molar-refractivity contribution < 1.29 is 13.9 Å². The van der Waals surface area contributed by atoms with Crippen molar-refractivity contribution in [3.63, 3.8) is 0 Å². The highest BCUT2D eigenvalue weighted by atomic mass is 35.5. The molecule has 0 saturated heterocycles. The number of thiocarbonyl (C=S) groups is 1. The van der Waals surface area contributed by atoms with Crippen LogP contribution in [0.15, 0.2) is 18.2 Å². The maximum atomic E-state index is 12.9. The smallest absolute Gasteiger partial charge is 0.279 e. The van der Waals surface area contributed by atoms with E-state index < -0.39 is 17.8 Å². The number of hydrogen-bond acceptors (Lipinski definition) is 3. The summed E-state index contributed by atoms with van der Waals surface area (Å²) in [6.45, 7) is 4.05. The van der Waals surface area contributed by atoms with Crippen LogP contribution in [0.3, 0.4) is 0 Å². The Bertz CT molecular complexity index is 502. The van der Waals surface area contributed by atoms with E-state index in [4.69, 9.17) is 28.6 Å². The highest BCUT2D eigenvalue weighted by Crippen LogP contribution is 2.25. The average molecular weight is 320 g/mol. The van der Waals surface area contributed by atoms with Gasteiger partial charge in [0, 0.05) is 6.54 Å². The summed E-state index contributed by atoms with van der Waals surface area (Å²) in [6.07, 6.45) is -0.824. The fourth-order valence-electron chi connectivity index (χ4n) is 1.24. The summed E-state index contributed by atoms with van der Waals surface area (Å²) in [5, 5.41) is 3.20. The first kappa shape index (κ1) is 16.5. The van der Waals surface area contributed by atoms with E-state index in [1.54, 1.807) is 0 Å².